The summed E-state index contributed by atoms with van der Waals surface area (Å²) in [4.78, 5) is 0. The zero-order valence-electron chi connectivity index (χ0n) is 9.14. The number of hydrogen-bond donors (Lipinski definition) is 2. The monoisotopic (exact) mass is 465 g/mol. The number of nitrogens with zero attached hydrogens (tertiary/aromatic N) is 1. The smallest absolute Gasteiger partial charge is 0.142 e. The van der Waals surface area contributed by atoms with Crippen molar-refractivity contribution >= 4 is 45.2 Å². The molecular weight excluding hydrogens is 456 g/mol. The minimum Gasteiger partial charge on any atom is -0.508 e. The van der Waals surface area contributed by atoms with E-state index in [4.69, 9.17) is 10.4 Å². The van der Waals surface area contributed by atoms with E-state index in [0.717, 1.165) is 0 Å². The first-order valence-electron chi connectivity index (χ1n) is 4.86. The highest BCUT2D eigenvalue weighted by Crippen LogP contribution is 2.26. The molecule has 2 aromatic carbocycles. The first kappa shape index (κ1) is 15.0. The van der Waals surface area contributed by atoms with Crippen LogP contribution < -0.4 is 0 Å². The summed E-state index contributed by atoms with van der Waals surface area (Å²) >= 11 is 3.99. The minimum absolute atomic E-state index is 0.255. The Bertz CT molecular complexity index is 542. The molecule has 0 fully saturated rings. The predicted molar refractivity (Wildman–Crippen MR) is 86.4 cm³/mol. The van der Waals surface area contributed by atoms with E-state index >= 15 is 0 Å². The number of hydrogen-bond acceptors (Lipinski definition) is 3. The van der Waals surface area contributed by atoms with Gasteiger partial charge in [0, 0.05) is 0 Å². The van der Waals surface area contributed by atoms with Crippen molar-refractivity contribution in [3.05, 3.63) is 55.2 Å². The van der Waals surface area contributed by atoms with Crippen molar-refractivity contribution in [2.75, 3.05) is 0 Å². The number of rotatable bonds is 0. The molecule has 0 saturated heterocycles. The van der Waals surface area contributed by atoms with Crippen LogP contribution in [0, 0.1) is 18.5 Å². The quantitative estimate of drug-likeness (QED) is 0.582. The van der Waals surface area contributed by atoms with Crippen LogP contribution in [0.4, 0.5) is 0 Å². The maximum atomic E-state index is 9.30. The fourth-order valence-electron chi connectivity index (χ4n) is 1.06. The summed E-state index contributed by atoms with van der Waals surface area (Å²) in [6.45, 7) is 0. The molecule has 3 nitrogen and oxygen atoms in total. The van der Waals surface area contributed by atoms with Crippen LogP contribution in [0.2, 0.25) is 0 Å². The summed E-state index contributed by atoms with van der Waals surface area (Å²) < 4.78 is 1.43. The highest BCUT2D eigenvalue weighted by Gasteiger charge is 2.04. The number of aromatic hydroxyl groups is 2. The van der Waals surface area contributed by atoms with E-state index < -0.39 is 0 Å². The van der Waals surface area contributed by atoms with Crippen molar-refractivity contribution in [3.63, 3.8) is 0 Å². The summed E-state index contributed by atoms with van der Waals surface area (Å²) in [6, 6.07) is 14.0. The van der Waals surface area contributed by atoms with Gasteiger partial charge in [-0.3, -0.25) is 0 Å². The molecule has 0 bridgehead atoms. The second-order valence-corrected chi connectivity index (χ2v) is 5.56. The van der Waals surface area contributed by atoms with E-state index in [1.165, 1.54) is 0 Å². The average Bonchev–Trinajstić information content (AvgIpc) is 2.37. The Balaban J connectivity index is 0.000000199. The maximum absolute atomic E-state index is 9.30. The Hall–Kier alpha value is -1.01. The molecule has 0 radical (unpaired) electrons. The lowest BCUT2D eigenvalue weighted by Crippen LogP contribution is -1.82. The van der Waals surface area contributed by atoms with Crippen molar-refractivity contribution in [1.82, 2.24) is 0 Å². The van der Waals surface area contributed by atoms with Gasteiger partial charge in [0.25, 0.3) is 0 Å². The Morgan fingerprint density at radius 3 is 1.78 bits per heavy atom. The fraction of sp³-hybridized carbons (Fsp3) is 0. The van der Waals surface area contributed by atoms with Gasteiger partial charge in [-0.15, -0.1) is 0 Å². The van der Waals surface area contributed by atoms with E-state index in [2.05, 4.69) is 0 Å². The normalized spacial score (nSPS) is 8.94. The molecule has 18 heavy (non-hydrogen) atoms. The van der Waals surface area contributed by atoms with Gasteiger partial charge in [0.05, 0.1) is 18.8 Å². The third kappa shape index (κ3) is 4.70. The molecule has 0 aliphatic carbocycles. The molecule has 0 atom stereocenters. The fourth-order valence-corrected chi connectivity index (χ4v) is 2.83. The Kier molecular flexibility index (Phi) is 6.21. The largest absolute Gasteiger partial charge is 0.508 e. The van der Waals surface area contributed by atoms with E-state index in [-0.39, 0.29) is 5.75 Å². The topological polar surface area (TPSA) is 64.2 Å². The Morgan fingerprint density at radius 2 is 1.44 bits per heavy atom. The highest BCUT2D eigenvalue weighted by molar-refractivity contribution is 14.1. The standard InChI is InChI=1S/C7H3I2NO.C6H6O/c8-5-1-4(3-10)2-6(9)7(5)11;7-6-4-2-1-3-5-6/h1-2,11H;1-5,7H. The predicted octanol–water partition coefficient (Wildman–Crippen LogP) is 3.87. The Labute approximate surface area is 132 Å². The van der Waals surface area contributed by atoms with Crippen molar-refractivity contribution in [2.24, 2.45) is 0 Å². The minimum atomic E-state index is 0.255. The lowest BCUT2D eigenvalue weighted by molar-refractivity contribution is 0.467. The molecule has 0 amide bonds. The third-order valence-corrected chi connectivity index (χ3v) is 3.55. The van der Waals surface area contributed by atoms with Gasteiger partial charge in [0.15, 0.2) is 0 Å². The number of para-hydroxylation sites is 1. The molecule has 2 rings (SSSR count). The van der Waals surface area contributed by atoms with Crippen molar-refractivity contribution in [2.45, 2.75) is 0 Å². The van der Waals surface area contributed by atoms with Gasteiger partial charge in [-0.05, 0) is 69.4 Å². The van der Waals surface area contributed by atoms with Crippen LogP contribution in [-0.2, 0) is 0 Å². The molecule has 92 valence electrons. The highest BCUT2D eigenvalue weighted by atomic mass is 127. The molecule has 0 aliphatic heterocycles. The number of halogens is 2. The van der Waals surface area contributed by atoms with E-state index in [9.17, 15) is 5.11 Å². The van der Waals surface area contributed by atoms with Crippen LogP contribution in [-0.4, -0.2) is 10.2 Å². The van der Waals surface area contributed by atoms with Gasteiger partial charge >= 0.3 is 0 Å². The van der Waals surface area contributed by atoms with Gasteiger partial charge in [0.1, 0.15) is 11.5 Å². The summed E-state index contributed by atoms with van der Waals surface area (Å²) in [6.07, 6.45) is 0. The van der Waals surface area contributed by atoms with Crippen LogP contribution >= 0.6 is 45.2 Å². The second-order valence-electron chi connectivity index (χ2n) is 3.24. The number of nitriles is 1. The van der Waals surface area contributed by atoms with Crippen LogP contribution in [0.1, 0.15) is 5.56 Å². The first-order chi connectivity index (χ1) is 8.54. The summed E-state index contributed by atoms with van der Waals surface area (Å²) in [5.74, 6) is 0.577. The van der Waals surface area contributed by atoms with E-state index in [1.807, 2.05) is 57.3 Å². The van der Waals surface area contributed by atoms with Crippen molar-refractivity contribution < 1.29 is 10.2 Å². The van der Waals surface area contributed by atoms with Gasteiger partial charge in [-0.2, -0.15) is 5.26 Å². The molecule has 0 saturated carbocycles. The van der Waals surface area contributed by atoms with E-state index in [1.54, 1.807) is 36.4 Å². The summed E-state index contributed by atoms with van der Waals surface area (Å²) in [5.41, 5.74) is 0.580. The van der Waals surface area contributed by atoms with Crippen LogP contribution in [0.3, 0.4) is 0 Å². The molecule has 2 N–H and O–H groups in total. The van der Waals surface area contributed by atoms with Gasteiger partial charge in [-0.1, -0.05) is 18.2 Å². The average molecular weight is 465 g/mol. The molecule has 0 unspecified atom stereocenters. The molecule has 2 aromatic rings. The molecule has 0 heterocycles. The van der Waals surface area contributed by atoms with Crippen LogP contribution in [0.5, 0.6) is 11.5 Å². The lowest BCUT2D eigenvalue weighted by atomic mass is 10.2. The number of benzene rings is 2. The maximum Gasteiger partial charge on any atom is 0.142 e. The van der Waals surface area contributed by atoms with Crippen LogP contribution in [0.25, 0.3) is 0 Å². The van der Waals surface area contributed by atoms with Crippen molar-refractivity contribution in [3.8, 4) is 17.6 Å². The lowest BCUT2D eigenvalue weighted by Gasteiger charge is -1.99. The van der Waals surface area contributed by atoms with Crippen LogP contribution in [0.15, 0.2) is 42.5 Å². The molecule has 0 aliphatic rings. The first-order valence-corrected chi connectivity index (χ1v) is 7.02. The summed E-state index contributed by atoms with van der Waals surface area (Å²) in [7, 11) is 0. The van der Waals surface area contributed by atoms with E-state index in [0.29, 0.717) is 18.5 Å². The molecular formula is C13H9I2NO2. The van der Waals surface area contributed by atoms with Gasteiger partial charge < -0.3 is 10.2 Å². The third-order valence-electron chi connectivity index (χ3n) is 1.90. The molecule has 5 heteroatoms. The Morgan fingerprint density at radius 1 is 0.944 bits per heavy atom. The SMILES string of the molecule is N#Cc1cc(I)c(O)c(I)c1.Oc1ccccc1. The van der Waals surface area contributed by atoms with Crippen molar-refractivity contribution in [1.29, 1.82) is 5.26 Å². The zero-order valence-corrected chi connectivity index (χ0v) is 13.5. The van der Waals surface area contributed by atoms with Gasteiger partial charge in [0.2, 0.25) is 0 Å². The second kappa shape index (κ2) is 7.43. The van der Waals surface area contributed by atoms with Gasteiger partial charge in [-0.25, -0.2) is 0 Å². The number of phenols is 2. The molecule has 0 aromatic heterocycles. The molecule has 0 spiro atoms. The number of phenolic OH excluding ortho intramolecular Hbond substituents is 2. The summed E-state index contributed by atoms with van der Waals surface area (Å²) in [5, 5.41) is 26.5. The zero-order chi connectivity index (χ0) is 13.5.